The van der Waals surface area contributed by atoms with Crippen molar-refractivity contribution in [2.45, 2.75) is 51.2 Å². The van der Waals surface area contributed by atoms with Crippen molar-refractivity contribution < 1.29 is 13.6 Å². The second-order valence-corrected chi connectivity index (χ2v) is 6.58. The lowest BCUT2D eigenvalue weighted by Gasteiger charge is -2.33. The molecular formula is C17H22N4O3. The summed E-state index contributed by atoms with van der Waals surface area (Å²) >= 11 is 0. The molecule has 4 heterocycles. The molecule has 2 aromatic rings. The Kier molecular flexibility index (Phi) is 4.10. The second kappa shape index (κ2) is 6.39. The van der Waals surface area contributed by atoms with Gasteiger partial charge in [-0.2, -0.15) is 0 Å². The fraction of sp³-hybridized carbons (Fsp3) is 0.588. The Balaban J connectivity index is 1.47. The van der Waals surface area contributed by atoms with Gasteiger partial charge in [0.25, 0.3) is 5.89 Å². The highest BCUT2D eigenvalue weighted by atomic mass is 16.4. The van der Waals surface area contributed by atoms with Crippen LogP contribution in [0.4, 0.5) is 0 Å². The average molecular weight is 330 g/mol. The van der Waals surface area contributed by atoms with Crippen molar-refractivity contribution in [3.8, 4) is 11.7 Å². The number of aromatic nitrogens is 2. The van der Waals surface area contributed by atoms with Gasteiger partial charge in [-0.3, -0.25) is 9.69 Å². The normalized spacial score (nSPS) is 24.8. The lowest BCUT2D eigenvalue weighted by Crippen LogP contribution is -2.47. The number of hydrogen-bond acceptors (Lipinski definition) is 6. The maximum atomic E-state index is 11.9. The molecule has 2 aromatic heterocycles. The zero-order valence-electron chi connectivity index (χ0n) is 13.9. The standard InChI is InChI=1S/C17H22N4O3/c1-12(22)21-9-3-6-14(21)13-5-2-8-20(13)11-16-18-19-17(24-16)15-7-4-10-23-15/h4,7,10,13-14H,2-3,5-6,8-9,11H2,1H3/t13-,14-/m1/s1. The molecule has 2 saturated heterocycles. The third-order valence-electron chi connectivity index (χ3n) is 5.10. The van der Waals surface area contributed by atoms with E-state index >= 15 is 0 Å². The molecular weight excluding hydrogens is 308 g/mol. The molecule has 0 bridgehead atoms. The van der Waals surface area contributed by atoms with Crippen molar-refractivity contribution in [1.29, 1.82) is 0 Å². The number of carbonyl (C=O) groups excluding carboxylic acids is 1. The molecule has 2 fully saturated rings. The van der Waals surface area contributed by atoms with Crippen LogP contribution in [0.15, 0.2) is 27.2 Å². The quantitative estimate of drug-likeness (QED) is 0.856. The van der Waals surface area contributed by atoms with Crippen molar-refractivity contribution in [2.75, 3.05) is 13.1 Å². The summed E-state index contributed by atoms with van der Waals surface area (Å²) in [5.41, 5.74) is 0. The summed E-state index contributed by atoms with van der Waals surface area (Å²) in [7, 11) is 0. The lowest BCUT2D eigenvalue weighted by molar-refractivity contribution is -0.130. The molecule has 2 atom stereocenters. The van der Waals surface area contributed by atoms with Crippen LogP contribution in [0.25, 0.3) is 11.7 Å². The number of likely N-dealkylation sites (tertiary alicyclic amines) is 2. The zero-order valence-corrected chi connectivity index (χ0v) is 13.9. The first-order chi connectivity index (χ1) is 11.7. The summed E-state index contributed by atoms with van der Waals surface area (Å²) in [5.74, 6) is 1.78. The van der Waals surface area contributed by atoms with E-state index in [-0.39, 0.29) is 5.91 Å². The predicted molar refractivity (Wildman–Crippen MR) is 85.8 cm³/mol. The van der Waals surface area contributed by atoms with Crippen molar-refractivity contribution in [2.24, 2.45) is 0 Å². The molecule has 24 heavy (non-hydrogen) atoms. The molecule has 0 aliphatic carbocycles. The Labute approximate surface area is 140 Å². The Morgan fingerprint density at radius 3 is 2.88 bits per heavy atom. The van der Waals surface area contributed by atoms with Gasteiger partial charge in [-0.25, -0.2) is 0 Å². The van der Waals surface area contributed by atoms with Gasteiger partial charge < -0.3 is 13.7 Å². The minimum atomic E-state index is 0.183. The SMILES string of the molecule is CC(=O)N1CCC[C@@H]1[C@H]1CCCN1Cc1nnc(-c2ccco2)o1. The van der Waals surface area contributed by atoms with E-state index in [1.807, 2.05) is 4.90 Å². The number of furan rings is 1. The van der Waals surface area contributed by atoms with Gasteiger partial charge >= 0.3 is 0 Å². The molecule has 4 rings (SSSR count). The number of hydrogen-bond donors (Lipinski definition) is 0. The van der Waals surface area contributed by atoms with Crippen LogP contribution < -0.4 is 0 Å². The number of rotatable bonds is 4. The maximum absolute atomic E-state index is 11.9. The van der Waals surface area contributed by atoms with Crippen LogP contribution >= 0.6 is 0 Å². The molecule has 1 amide bonds. The van der Waals surface area contributed by atoms with E-state index in [0.29, 0.717) is 36.2 Å². The monoisotopic (exact) mass is 330 g/mol. The topological polar surface area (TPSA) is 75.6 Å². The molecule has 2 aliphatic heterocycles. The highest BCUT2D eigenvalue weighted by Gasteiger charge is 2.39. The van der Waals surface area contributed by atoms with Gasteiger partial charge in [-0.15, -0.1) is 10.2 Å². The molecule has 0 aromatic carbocycles. The smallest absolute Gasteiger partial charge is 0.283 e. The summed E-state index contributed by atoms with van der Waals surface area (Å²) in [6.45, 7) is 4.19. The predicted octanol–water partition coefficient (Wildman–Crippen LogP) is 2.30. The first-order valence-corrected chi connectivity index (χ1v) is 8.60. The van der Waals surface area contributed by atoms with E-state index in [4.69, 9.17) is 8.83 Å². The van der Waals surface area contributed by atoms with E-state index in [1.54, 1.807) is 25.3 Å². The van der Waals surface area contributed by atoms with E-state index in [1.165, 1.54) is 0 Å². The van der Waals surface area contributed by atoms with Crippen LogP contribution in [-0.2, 0) is 11.3 Å². The van der Waals surface area contributed by atoms with Crippen LogP contribution in [0.1, 0.15) is 38.5 Å². The van der Waals surface area contributed by atoms with Crippen LogP contribution in [0.5, 0.6) is 0 Å². The third kappa shape index (κ3) is 2.84. The minimum absolute atomic E-state index is 0.183. The molecule has 128 valence electrons. The molecule has 0 N–H and O–H groups in total. The molecule has 0 radical (unpaired) electrons. The molecule has 2 aliphatic rings. The summed E-state index contributed by atoms with van der Waals surface area (Å²) in [4.78, 5) is 16.3. The highest BCUT2D eigenvalue weighted by Crippen LogP contribution is 2.31. The molecule has 7 nitrogen and oxygen atoms in total. The maximum Gasteiger partial charge on any atom is 0.283 e. The Bertz CT molecular complexity index is 697. The molecule has 0 unspecified atom stereocenters. The first-order valence-electron chi connectivity index (χ1n) is 8.60. The van der Waals surface area contributed by atoms with Gasteiger partial charge in [0, 0.05) is 25.6 Å². The van der Waals surface area contributed by atoms with E-state index < -0.39 is 0 Å². The summed E-state index contributed by atoms with van der Waals surface area (Å²) in [6, 6.07) is 4.30. The molecule has 7 heteroatoms. The Morgan fingerprint density at radius 2 is 2.08 bits per heavy atom. The average Bonchev–Trinajstić information content (AvgIpc) is 3.35. The van der Waals surface area contributed by atoms with E-state index in [2.05, 4.69) is 15.1 Å². The summed E-state index contributed by atoms with van der Waals surface area (Å²) < 4.78 is 11.0. The van der Waals surface area contributed by atoms with Gasteiger partial charge in [0.2, 0.25) is 11.8 Å². The van der Waals surface area contributed by atoms with Gasteiger partial charge in [-0.1, -0.05) is 0 Å². The van der Waals surface area contributed by atoms with Crippen LogP contribution in [-0.4, -0.2) is 51.1 Å². The first kappa shape index (κ1) is 15.4. The van der Waals surface area contributed by atoms with Gasteiger partial charge in [0.15, 0.2) is 5.76 Å². The second-order valence-electron chi connectivity index (χ2n) is 6.58. The summed E-state index contributed by atoms with van der Waals surface area (Å²) in [6.07, 6.45) is 6.03. The fourth-order valence-electron chi connectivity index (χ4n) is 4.06. The molecule has 0 spiro atoms. The van der Waals surface area contributed by atoms with Gasteiger partial charge in [0.05, 0.1) is 12.8 Å². The minimum Gasteiger partial charge on any atom is -0.459 e. The van der Waals surface area contributed by atoms with Crippen molar-refractivity contribution >= 4 is 5.91 Å². The van der Waals surface area contributed by atoms with Crippen molar-refractivity contribution in [3.05, 3.63) is 24.3 Å². The lowest BCUT2D eigenvalue weighted by atomic mass is 10.0. The van der Waals surface area contributed by atoms with Crippen LogP contribution in [0.3, 0.4) is 0 Å². The van der Waals surface area contributed by atoms with E-state index in [9.17, 15) is 4.79 Å². The number of amides is 1. The number of nitrogens with zero attached hydrogens (tertiary/aromatic N) is 4. The van der Waals surface area contributed by atoms with E-state index in [0.717, 1.165) is 38.8 Å². The Hall–Kier alpha value is -2.15. The Morgan fingerprint density at radius 1 is 1.25 bits per heavy atom. The third-order valence-corrected chi connectivity index (χ3v) is 5.10. The van der Waals surface area contributed by atoms with Crippen LogP contribution in [0.2, 0.25) is 0 Å². The van der Waals surface area contributed by atoms with Crippen molar-refractivity contribution in [3.63, 3.8) is 0 Å². The fourth-order valence-corrected chi connectivity index (χ4v) is 4.06. The summed E-state index contributed by atoms with van der Waals surface area (Å²) in [5, 5.41) is 8.22. The number of carbonyl (C=O) groups is 1. The van der Waals surface area contributed by atoms with Crippen molar-refractivity contribution in [1.82, 2.24) is 20.0 Å². The van der Waals surface area contributed by atoms with Crippen LogP contribution in [0, 0.1) is 0 Å². The molecule has 0 saturated carbocycles. The largest absolute Gasteiger partial charge is 0.459 e. The highest BCUT2D eigenvalue weighted by molar-refractivity contribution is 5.74. The zero-order chi connectivity index (χ0) is 16.5. The van der Waals surface area contributed by atoms with Gasteiger partial charge in [-0.05, 0) is 44.4 Å². The van der Waals surface area contributed by atoms with Gasteiger partial charge in [0.1, 0.15) is 0 Å².